The standard InChI is InChI=1S/C96H58N16/c97-58-72-43-25-26-44-73(72)78-57-84(112-81-55-70(95-107-89(64-35-17-5-18-36-64)101-90(108-95)65-37-19-6-20-38-65)47-51-76(81)77-52-48-71(56-82(77)112)96-109-91(66-39-21-7-22-40-66)102-92(110-96)67-41-23-8-24-42-67)98-59-83(78)111-79-53-68(93-103-85(60-27-9-1-10-28-60)99-86(104-93)61-29-11-2-12-30-61)45-49-74(79)75-50-46-69(54-80(75)111)94-105-87(62-31-13-3-14-32-62)100-88(106-94)63-33-15-4-16-34-63/h1-57,59H. The van der Waals surface area contributed by atoms with E-state index in [1.807, 2.05) is 273 Å². The third-order valence-electron chi connectivity index (χ3n) is 20.0. The number of nitriles is 1. The molecule has 0 saturated carbocycles. The molecule has 7 heterocycles. The first-order valence-electron chi connectivity index (χ1n) is 36.6. The molecule has 112 heavy (non-hydrogen) atoms. The summed E-state index contributed by atoms with van der Waals surface area (Å²) in [6, 6.07) is 118. The van der Waals surface area contributed by atoms with Gasteiger partial charge in [0.2, 0.25) is 0 Å². The van der Waals surface area contributed by atoms with Gasteiger partial charge in [-0.25, -0.2) is 64.8 Å². The van der Waals surface area contributed by atoms with Crippen LogP contribution in [0, 0.1) is 11.3 Å². The van der Waals surface area contributed by atoms with Gasteiger partial charge in [0, 0.05) is 99.4 Å². The van der Waals surface area contributed by atoms with Crippen LogP contribution >= 0.6 is 0 Å². The lowest BCUT2D eigenvalue weighted by Gasteiger charge is -2.18. The second kappa shape index (κ2) is 28.1. The molecular formula is C96H58N16. The zero-order valence-corrected chi connectivity index (χ0v) is 59.6. The molecule has 0 aliphatic rings. The number of hydrogen-bond acceptors (Lipinski definition) is 14. The normalized spacial score (nSPS) is 11.4. The van der Waals surface area contributed by atoms with Gasteiger partial charge >= 0.3 is 0 Å². The number of benzene rings is 13. The Morgan fingerprint density at radius 2 is 0.429 bits per heavy atom. The lowest BCUT2D eigenvalue weighted by Crippen LogP contribution is -2.05. The molecule has 0 aliphatic heterocycles. The Morgan fingerprint density at radius 3 is 0.679 bits per heavy atom. The van der Waals surface area contributed by atoms with E-state index in [-0.39, 0.29) is 0 Å². The third-order valence-corrected chi connectivity index (χ3v) is 20.0. The van der Waals surface area contributed by atoms with Gasteiger partial charge < -0.3 is 4.57 Å². The summed E-state index contributed by atoms with van der Waals surface area (Å²) in [6.07, 6.45) is 1.92. The minimum Gasteiger partial charge on any atom is -0.307 e. The summed E-state index contributed by atoms with van der Waals surface area (Å²) in [6.45, 7) is 0. The van der Waals surface area contributed by atoms with Crippen LogP contribution in [-0.4, -0.2) is 73.9 Å². The van der Waals surface area contributed by atoms with E-state index < -0.39 is 0 Å². The predicted octanol–water partition coefficient (Wildman–Crippen LogP) is 21.6. The summed E-state index contributed by atoms with van der Waals surface area (Å²) in [7, 11) is 0. The van der Waals surface area contributed by atoms with Crippen LogP contribution in [0.3, 0.4) is 0 Å². The van der Waals surface area contributed by atoms with Crippen LogP contribution in [0.5, 0.6) is 0 Å². The van der Waals surface area contributed by atoms with Gasteiger partial charge in [0.05, 0.1) is 45.6 Å². The maximum atomic E-state index is 11.4. The van der Waals surface area contributed by atoms with Crippen LogP contribution in [0.25, 0.3) is 203 Å². The van der Waals surface area contributed by atoms with Gasteiger partial charge in [-0.1, -0.05) is 309 Å². The molecule has 0 aliphatic carbocycles. The number of fused-ring (bicyclic) bond motifs is 6. The highest BCUT2D eigenvalue weighted by molar-refractivity contribution is 6.13. The molecule has 0 atom stereocenters. The molecule has 0 saturated heterocycles. The molecule has 13 aromatic carbocycles. The van der Waals surface area contributed by atoms with Crippen molar-refractivity contribution in [1.82, 2.24) is 73.9 Å². The first-order chi connectivity index (χ1) is 55.4. The number of aromatic nitrogens is 15. The zero-order valence-electron chi connectivity index (χ0n) is 59.6. The average molecular weight is 1440 g/mol. The fraction of sp³-hybridized carbons (Fsp3) is 0. The van der Waals surface area contributed by atoms with Crippen molar-refractivity contribution in [2.24, 2.45) is 0 Å². The highest BCUT2D eigenvalue weighted by atomic mass is 15.1. The van der Waals surface area contributed by atoms with Crippen molar-refractivity contribution in [2.45, 2.75) is 0 Å². The van der Waals surface area contributed by atoms with Crippen molar-refractivity contribution in [2.75, 3.05) is 0 Å². The second-order valence-electron chi connectivity index (χ2n) is 27.0. The van der Waals surface area contributed by atoms with Gasteiger partial charge in [0.1, 0.15) is 5.82 Å². The summed E-state index contributed by atoms with van der Waals surface area (Å²) >= 11 is 0. The quantitative estimate of drug-likeness (QED) is 0.0938. The van der Waals surface area contributed by atoms with E-state index in [9.17, 15) is 5.26 Å². The van der Waals surface area contributed by atoms with E-state index in [2.05, 4.69) is 94.1 Å². The Hall–Kier alpha value is -15.9. The van der Waals surface area contributed by atoms with E-state index in [0.717, 1.165) is 110 Å². The molecule has 0 bridgehead atoms. The first-order valence-corrected chi connectivity index (χ1v) is 36.6. The van der Waals surface area contributed by atoms with E-state index >= 15 is 0 Å². The predicted molar refractivity (Wildman–Crippen MR) is 442 cm³/mol. The van der Waals surface area contributed by atoms with Gasteiger partial charge in [-0.2, -0.15) is 5.26 Å². The van der Waals surface area contributed by atoms with Gasteiger partial charge in [0.15, 0.2) is 69.9 Å². The van der Waals surface area contributed by atoms with Gasteiger partial charge in [0.25, 0.3) is 0 Å². The van der Waals surface area contributed by atoms with Gasteiger partial charge in [-0.05, 0) is 36.4 Å². The average Bonchev–Trinajstić information content (AvgIpc) is 1.57. The van der Waals surface area contributed by atoms with Crippen LogP contribution in [-0.2, 0) is 0 Å². The lowest BCUT2D eigenvalue weighted by atomic mass is 9.99. The van der Waals surface area contributed by atoms with E-state index in [0.29, 0.717) is 98.1 Å². The van der Waals surface area contributed by atoms with Crippen LogP contribution in [0.1, 0.15) is 5.56 Å². The summed E-state index contributed by atoms with van der Waals surface area (Å²) in [5.41, 5.74) is 15.4. The fourth-order valence-electron chi connectivity index (χ4n) is 14.6. The van der Waals surface area contributed by atoms with Crippen molar-refractivity contribution in [3.63, 3.8) is 0 Å². The van der Waals surface area contributed by atoms with Crippen LogP contribution in [0.2, 0.25) is 0 Å². The molecular weight excluding hydrogens is 1380 g/mol. The van der Waals surface area contributed by atoms with Crippen LogP contribution in [0.15, 0.2) is 352 Å². The second-order valence-corrected chi connectivity index (χ2v) is 27.0. The van der Waals surface area contributed by atoms with Gasteiger partial charge in [-0.3, -0.25) is 4.57 Å². The molecule has 7 aromatic heterocycles. The molecule has 522 valence electrons. The van der Waals surface area contributed by atoms with Crippen LogP contribution < -0.4 is 0 Å². The van der Waals surface area contributed by atoms with E-state index in [1.54, 1.807) is 0 Å². The maximum absolute atomic E-state index is 11.4. The molecule has 16 nitrogen and oxygen atoms in total. The lowest BCUT2D eigenvalue weighted by molar-refractivity contribution is 1.05. The largest absolute Gasteiger partial charge is 0.307 e. The Bertz CT molecular complexity index is 6450. The monoisotopic (exact) mass is 1430 g/mol. The Kier molecular flexibility index (Phi) is 16.5. The van der Waals surface area contributed by atoms with Crippen molar-refractivity contribution in [1.29, 1.82) is 5.26 Å². The summed E-state index contributed by atoms with van der Waals surface area (Å²) < 4.78 is 4.42. The smallest absolute Gasteiger partial charge is 0.164 e. The number of rotatable bonds is 15. The minimum absolute atomic E-state index is 0.450. The number of hydrogen-bond donors (Lipinski definition) is 0. The molecule has 16 heteroatoms. The molecule has 0 fully saturated rings. The Morgan fingerprint density at radius 1 is 0.205 bits per heavy atom. The van der Waals surface area contributed by atoms with Crippen LogP contribution in [0.4, 0.5) is 0 Å². The Labute approximate surface area is 641 Å². The highest BCUT2D eigenvalue weighted by Gasteiger charge is 2.26. The fourth-order valence-corrected chi connectivity index (χ4v) is 14.6. The minimum atomic E-state index is 0.450. The molecule has 0 amide bonds. The Balaban J connectivity index is 0.858. The zero-order chi connectivity index (χ0) is 74.4. The summed E-state index contributed by atoms with van der Waals surface area (Å²) in [5, 5.41) is 15.1. The number of pyridine rings is 1. The van der Waals surface area contributed by atoms with E-state index in [1.165, 1.54) is 0 Å². The van der Waals surface area contributed by atoms with Crippen molar-refractivity contribution >= 4 is 43.6 Å². The molecule has 0 radical (unpaired) electrons. The molecule has 20 rings (SSSR count). The SMILES string of the molecule is N#Cc1ccccc1-c1cc(-n2c3cc(-c4nc(-c5ccccc5)nc(-c5ccccc5)n4)ccc3c3ccc(-c4nc(-c5ccccc5)nc(-c5ccccc5)n4)cc32)ncc1-n1c2cc(-c3nc(-c4ccccc4)nc(-c4ccccc4)n3)ccc2c2ccc(-c3nc(-c4ccccc4)nc(-c4ccccc4)n3)cc21. The molecule has 20 aromatic rings. The topological polar surface area (TPSA) is 201 Å². The van der Waals surface area contributed by atoms with Crippen molar-refractivity contribution < 1.29 is 0 Å². The highest BCUT2D eigenvalue weighted by Crippen LogP contribution is 2.44. The summed E-state index contributed by atoms with van der Waals surface area (Å²) in [4.78, 5) is 68.0. The molecule has 0 spiro atoms. The first kappa shape index (κ1) is 65.6. The maximum Gasteiger partial charge on any atom is 0.164 e. The van der Waals surface area contributed by atoms with Gasteiger partial charge in [-0.15, -0.1) is 0 Å². The van der Waals surface area contributed by atoms with Crippen molar-refractivity contribution in [3.05, 3.63) is 358 Å². The van der Waals surface area contributed by atoms with Crippen molar-refractivity contribution in [3.8, 4) is 165 Å². The summed E-state index contributed by atoms with van der Waals surface area (Å²) in [5.74, 6) is 6.68. The number of nitrogens with zero attached hydrogens (tertiary/aromatic N) is 16. The van der Waals surface area contributed by atoms with E-state index in [4.69, 9.17) is 64.8 Å². The molecule has 0 unspecified atom stereocenters. The molecule has 0 N–H and O–H groups in total. The third kappa shape index (κ3) is 12.3.